The molecule has 0 unspecified atom stereocenters. The van der Waals surface area contributed by atoms with Crippen LogP contribution in [0.4, 0.5) is 5.69 Å². The number of hydrogen-bond donors (Lipinski definition) is 0. The molecule has 2 aromatic rings. The number of halogens is 1. The summed E-state index contributed by atoms with van der Waals surface area (Å²) in [4.78, 5) is 32.3. The Hall–Kier alpha value is -2.87. The van der Waals surface area contributed by atoms with E-state index >= 15 is 0 Å². The van der Waals surface area contributed by atoms with E-state index in [0.29, 0.717) is 28.5 Å². The Labute approximate surface area is 163 Å². The first-order chi connectivity index (χ1) is 13.0. The predicted octanol–water partition coefficient (Wildman–Crippen LogP) is 2.76. The quantitative estimate of drug-likeness (QED) is 0.696. The van der Waals surface area contributed by atoms with E-state index in [1.54, 1.807) is 43.5 Å². The third kappa shape index (κ3) is 2.76. The minimum atomic E-state index is -0.974. The molecule has 138 valence electrons. The lowest BCUT2D eigenvalue weighted by Crippen LogP contribution is -2.33. The summed E-state index contributed by atoms with van der Waals surface area (Å²) in [5.74, 6) is -0.542. The van der Waals surface area contributed by atoms with Gasteiger partial charge < -0.3 is 14.3 Å². The molecule has 8 heteroatoms. The Kier molecular flexibility index (Phi) is 4.35. The molecule has 2 amide bonds. The highest BCUT2D eigenvalue weighted by Crippen LogP contribution is 2.38. The van der Waals surface area contributed by atoms with Gasteiger partial charge in [-0.15, -0.1) is 0 Å². The molecule has 2 aliphatic heterocycles. The number of imide groups is 1. The Morgan fingerprint density at radius 2 is 1.89 bits per heavy atom. The number of carbonyl (C=O) groups excluding carboxylic acids is 2. The third-order valence-corrected chi connectivity index (χ3v) is 5.06. The Morgan fingerprint density at radius 1 is 1.07 bits per heavy atom. The van der Waals surface area contributed by atoms with Crippen LogP contribution < -0.4 is 14.4 Å². The first-order valence-corrected chi connectivity index (χ1v) is 8.94. The maximum atomic E-state index is 13.1. The molecule has 0 aromatic heterocycles. The van der Waals surface area contributed by atoms with Gasteiger partial charge in [0.25, 0.3) is 5.91 Å². The molecule has 0 saturated carbocycles. The van der Waals surface area contributed by atoms with Crippen LogP contribution in [0.1, 0.15) is 5.56 Å². The minimum absolute atomic E-state index is 0.371. The number of amides is 2. The van der Waals surface area contributed by atoms with E-state index < -0.39 is 17.9 Å². The van der Waals surface area contributed by atoms with Crippen molar-refractivity contribution in [3.63, 3.8) is 0 Å². The van der Waals surface area contributed by atoms with Crippen LogP contribution in [-0.4, -0.2) is 37.8 Å². The maximum Gasteiger partial charge on any atom is 0.278 e. The molecule has 0 radical (unpaired) electrons. The summed E-state index contributed by atoms with van der Waals surface area (Å²) in [5.41, 5.74) is 1.44. The topological polar surface area (TPSA) is 77.4 Å². The van der Waals surface area contributed by atoms with Gasteiger partial charge in [-0.25, -0.2) is 4.90 Å². The molecule has 0 spiro atoms. The van der Waals surface area contributed by atoms with Gasteiger partial charge in [0.2, 0.25) is 12.0 Å². The van der Waals surface area contributed by atoms with Crippen molar-refractivity contribution in [3.8, 4) is 11.5 Å². The van der Waals surface area contributed by atoms with Crippen molar-refractivity contribution in [2.45, 2.75) is 6.10 Å². The number of hydrogen-bond acceptors (Lipinski definition) is 6. The normalized spacial score (nSPS) is 21.0. The Bertz CT molecular complexity index is 974. The van der Waals surface area contributed by atoms with Crippen molar-refractivity contribution in [1.29, 1.82) is 0 Å². The van der Waals surface area contributed by atoms with Crippen LogP contribution in [-0.2, 0) is 14.4 Å². The summed E-state index contributed by atoms with van der Waals surface area (Å²) >= 11 is 3.36. The summed E-state index contributed by atoms with van der Waals surface area (Å²) in [6, 6.07) is 12.2. The second-order valence-corrected chi connectivity index (χ2v) is 6.95. The number of ether oxygens (including phenoxy) is 2. The summed E-state index contributed by atoms with van der Waals surface area (Å²) in [6.45, 7) is 0. The van der Waals surface area contributed by atoms with E-state index in [1.165, 1.54) is 7.11 Å². The van der Waals surface area contributed by atoms with Crippen LogP contribution >= 0.6 is 15.9 Å². The number of carbonyl (C=O) groups is 2. The fraction of sp³-hybridized carbons (Fsp3) is 0.211. The molecular formula is C19H15BrN2O5. The average Bonchev–Trinajstić information content (AvgIpc) is 3.21. The number of methoxy groups -OCH3 is 2. The van der Waals surface area contributed by atoms with E-state index in [-0.39, 0.29) is 5.91 Å². The minimum Gasteiger partial charge on any atom is -0.497 e. The number of anilines is 1. The van der Waals surface area contributed by atoms with Crippen LogP contribution in [0.5, 0.6) is 11.5 Å². The molecular weight excluding hydrogens is 416 g/mol. The first-order valence-electron chi connectivity index (χ1n) is 8.14. The summed E-state index contributed by atoms with van der Waals surface area (Å²) < 4.78 is 11.4. The van der Waals surface area contributed by atoms with Gasteiger partial charge in [-0.1, -0.05) is 27.2 Å². The molecule has 4 rings (SSSR count). The molecule has 1 fully saturated rings. The van der Waals surface area contributed by atoms with Gasteiger partial charge in [0.1, 0.15) is 23.1 Å². The van der Waals surface area contributed by atoms with E-state index in [4.69, 9.17) is 14.3 Å². The SMILES string of the molecule is COc1ccc(C2=NO[C@@H]3C(=O)N(c4cccc(Br)c4)C(=O)[C@H]23)c(OC)c1. The molecule has 27 heavy (non-hydrogen) atoms. The van der Waals surface area contributed by atoms with Crippen LogP contribution in [0.25, 0.3) is 0 Å². The molecule has 2 aliphatic rings. The number of fused-ring (bicyclic) bond motifs is 1. The predicted molar refractivity (Wildman–Crippen MR) is 101 cm³/mol. The van der Waals surface area contributed by atoms with Crippen LogP contribution in [0, 0.1) is 5.92 Å². The van der Waals surface area contributed by atoms with Crippen LogP contribution in [0.15, 0.2) is 52.1 Å². The molecule has 0 bridgehead atoms. The fourth-order valence-corrected chi connectivity index (χ4v) is 3.67. The Balaban J connectivity index is 1.72. The maximum absolute atomic E-state index is 13.1. The molecule has 2 heterocycles. The van der Waals surface area contributed by atoms with E-state index in [0.717, 1.165) is 9.37 Å². The number of oxime groups is 1. The monoisotopic (exact) mass is 430 g/mol. The highest BCUT2D eigenvalue weighted by Gasteiger charge is 2.56. The second-order valence-electron chi connectivity index (χ2n) is 6.04. The van der Waals surface area contributed by atoms with Gasteiger partial charge in [0, 0.05) is 16.1 Å². The van der Waals surface area contributed by atoms with E-state index in [1.807, 2.05) is 6.07 Å². The smallest absolute Gasteiger partial charge is 0.278 e. The van der Waals surface area contributed by atoms with Gasteiger partial charge in [-0.3, -0.25) is 9.59 Å². The fourth-order valence-electron chi connectivity index (χ4n) is 3.28. The number of rotatable bonds is 4. The van der Waals surface area contributed by atoms with Crippen molar-refractivity contribution in [3.05, 3.63) is 52.5 Å². The van der Waals surface area contributed by atoms with Crippen molar-refractivity contribution in [2.75, 3.05) is 19.1 Å². The molecule has 0 aliphatic carbocycles. The van der Waals surface area contributed by atoms with Crippen molar-refractivity contribution in [2.24, 2.45) is 11.1 Å². The number of nitrogens with zero attached hydrogens (tertiary/aromatic N) is 2. The zero-order chi connectivity index (χ0) is 19.1. The van der Waals surface area contributed by atoms with Gasteiger partial charge in [-0.2, -0.15) is 0 Å². The lowest BCUT2D eigenvalue weighted by Gasteiger charge is -2.16. The lowest BCUT2D eigenvalue weighted by atomic mass is 9.93. The van der Waals surface area contributed by atoms with Crippen LogP contribution in [0.2, 0.25) is 0 Å². The lowest BCUT2D eigenvalue weighted by molar-refractivity contribution is -0.126. The average molecular weight is 431 g/mol. The van der Waals surface area contributed by atoms with Gasteiger partial charge in [0.05, 0.1) is 19.9 Å². The van der Waals surface area contributed by atoms with Crippen LogP contribution in [0.3, 0.4) is 0 Å². The highest BCUT2D eigenvalue weighted by atomic mass is 79.9. The molecule has 1 saturated heterocycles. The molecule has 0 N–H and O–H groups in total. The van der Waals surface area contributed by atoms with E-state index in [2.05, 4.69) is 21.1 Å². The van der Waals surface area contributed by atoms with Crippen molar-refractivity contribution >= 4 is 39.1 Å². The zero-order valence-corrected chi connectivity index (χ0v) is 16.1. The third-order valence-electron chi connectivity index (χ3n) is 4.56. The highest BCUT2D eigenvalue weighted by molar-refractivity contribution is 9.10. The van der Waals surface area contributed by atoms with Crippen molar-refractivity contribution in [1.82, 2.24) is 0 Å². The summed E-state index contributed by atoms with van der Waals surface area (Å²) in [6.07, 6.45) is -0.974. The van der Waals surface area contributed by atoms with Gasteiger partial charge >= 0.3 is 0 Å². The van der Waals surface area contributed by atoms with Gasteiger partial charge in [-0.05, 0) is 30.3 Å². The van der Waals surface area contributed by atoms with Gasteiger partial charge in [0.15, 0.2) is 0 Å². The molecule has 2 atom stereocenters. The first kappa shape index (κ1) is 17.5. The number of benzene rings is 2. The molecule has 2 aromatic carbocycles. The largest absolute Gasteiger partial charge is 0.497 e. The standard InChI is InChI=1S/C19H15BrN2O5/c1-25-12-6-7-13(14(9-12)26-2)16-15-17(27-21-16)19(24)22(18(15)23)11-5-3-4-10(20)8-11/h3-9,15,17H,1-2H3/t15-,17+/m1/s1. The molecule has 7 nitrogen and oxygen atoms in total. The second kappa shape index (κ2) is 6.70. The Morgan fingerprint density at radius 3 is 2.59 bits per heavy atom. The summed E-state index contributed by atoms with van der Waals surface area (Å²) in [7, 11) is 3.07. The van der Waals surface area contributed by atoms with E-state index in [9.17, 15) is 9.59 Å². The van der Waals surface area contributed by atoms with Crippen molar-refractivity contribution < 1.29 is 23.9 Å². The zero-order valence-electron chi connectivity index (χ0n) is 14.5. The summed E-state index contributed by atoms with van der Waals surface area (Å²) in [5, 5.41) is 4.02.